The lowest BCUT2D eigenvalue weighted by atomic mass is 10.3. The van der Waals surface area contributed by atoms with Crippen molar-refractivity contribution in [2.45, 2.75) is 26.3 Å². The van der Waals surface area contributed by atoms with E-state index in [4.69, 9.17) is 0 Å². The minimum Gasteiger partial charge on any atom is -0.314 e. The maximum absolute atomic E-state index is 3.39. The Morgan fingerprint density at radius 1 is 1.43 bits per heavy atom. The van der Waals surface area contributed by atoms with E-state index >= 15 is 0 Å². The zero-order chi connectivity index (χ0) is 3.98. The second-order valence-corrected chi connectivity index (χ2v) is 2.35. The zero-order valence-electron chi connectivity index (χ0n) is 3.78. The first-order valence-electron chi connectivity index (χ1n) is 2.70. The highest BCUT2D eigenvalue weighted by Crippen LogP contribution is 2.37. The van der Waals surface area contributed by atoms with Crippen molar-refractivity contribution in [3.8, 4) is 0 Å². The van der Waals surface area contributed by atoms with Gasteiger partial charge >= 0.3 is 0 Å². The van der Waals surface area contributed by atoms with Crippen LogP contribution in [0.5, 0.6) is 0 Å². The molecule has 0 aromatic carbocycles. The molecule has 2 rings (SSSR count). The molecule has 2 fully saturated rings. The molecule has 1 aliphatic carbocycles. The molecule has 0 amide bonds. The van der Waals surface area contributed by atoms with Crippen molar-refractivity contribution < 1.29 is 0 Å². The van der Waals surface area contributed by atoms with Crippen LogP contribution in [0.15, 0.2) is 0 Å². The second-order valence-electron chi connectivity index (χ2n) is 2.35. The van der Waals surface area contributed by atoms with Gasteiger partial charge in [-0.1, -0.05) is 7.43 Å². The number of hydrogen-bond donors (Lipinski definition) is 1. The summed E-state index contributed by atoms with van der Waals surface area (Å²) in [6.45, 7) is 1.29. The van der Waals surface area contributed by atoms with Gasteiger partial charge in [0.15, 0.2) is 0 Å². The predicted octanol–water partition coefficient (Wildman–Crippen LogP) is 1.00. The number of fused-ring (bicyclic) bond motifs is 1. The molecule has 2 atom stereocenters. The predicted molar refractivity (Wildman–Crippen MR) is 31.2 cm³/mol. The van der Waals surface area contributed by atoms with E-state index in [1.165, 1.54) is 19.4 Å². The summed E-state index contributed by atoms with van der Waals surface area (Å²) in [6, 6.07) is 0.963. The molecule has 2 aliphatic rings. The SMILES string of the molecule is C.C1CC2CC2N1. The lowest BCUT2D eigenvalue weighted by Crippen LogP contribution is -2.10. The smallest absolute Gasteiger partial charge is 0.00996 e. The first-order chi connectivity index (χ1) is 2.97. The molecular formula is C6H13N. The minimum absolute atomic E-state index is 0. The van der Waals surface area contributed by atoms with E-state index in [1.54, 1.807) is 0 Å². The molecule has 0 bridgehead atoms. The summed E-state index contributed by atoms with van der Waals surface area (Å²) in [4.78, 5) is 0. The van der Waals surface area contributed by atoms with Gasteiger partial charge in [-0.15, -0.1) is 0 Å². The highest BCUT2D eigenvalue weighted by atomic mass is 15.0. The van der Waals surface area contributed by atoms with Gasteiger partial charge in [0.25, 0.3) is 0 Å². The van der Waals surface area contributed by atoms with Crippen molar-refractivity contribution in [2.24, 2.45) is 5.92 Å². The van der Waals surface area contributed by atoms with E-state index in [1.807, 2.05) is 0 Å². The van der Waals surface area contributed by atoms with E-state index in [-0.39, 0.29) is 7.43 Å². The first-order valence-corrected chi connectivity index (χ1v) is 2.70. The summed E-state index contributed by atoms with van der Waals surface area (Å²) < 4.78 is 0. The van der Waals surface area contributed by atoms with E-state index in [0.29, 0.717) is 0 Å². The van der Waals surface area contributed by atoms with Crippen LogP contribution in [0.3, 0.4) is 0 Å². The minimum atomic E-state index is 0. The van der Waals surface area contributed by atoms with Gasteiger partial charge in [-0.2, -0.15) is 0 Å². The van der Waals surface area contributed by atoms with Gasteiger partial charge in [-0.05, 0) is 25.3 Å². The van der Waals surface area contributed by atoms with E-state index < -0.39 is 0 Å². The third-order valence-electron chi connectivity index (χ3n) is 1.84. The average Bonchev–Trinajstić information content (AvgIpc) is 2.17. The van der Waals surface area contributed by atoms with Gasteiger partial charge in [-0.25, -0.2) is 0 Å². The van der Waals surface area contributed by atoms with Crippen molar-refractivity contribution in [1.82, 2.24) is 5.32 Å². The van der Waals surface area contributed by atoms with Crippen LogP contribution >= 0.6 is 0 Å². The Hall–Kier alpha value is -0.0400. The Morgan fingerprint density at radius 2 is 2.29 bits per heavy atom. The highest BCUT2D eigenvalue weighted by Gasteiger charge is 2.40. The fraction of sp³-hybridized carbons (Fsp3) is 1.00. The normalized spacial score (nSPS) is 44.6. The summed E-state index contributed by atoms with van der Waals surface area (Å²) >= 11 is 0. The number of rotatable bonds is 0. The van der Waals surface area contributed by atoms with Gasteiger partial charge < -0.3 is 5.32 Å². The number of piperidine rings is 1. The Kier molecular flexibility index (Phi) is 1.08. The number of nitrogens with one attached hydrogen (secondary N) is 1. The van der Waals surface area contributed by atoms with Crippen LogP contribution in [0.4, 0.5) is 0 Å². The zero-order valence-corrected chi connectivity index (χ0v) is 3.78. The van der Waals surface area contributed by atoms with Crippen LogP contribution < -0.4 is 5.32 Å². The van der Waals surface area contributed by atoms with Crippen molar-refractivity contribution >= 4 is 0 Å². The molecule has 1 saturated heterocycles. The lowest BCUT2D eigenvalue weighted by Gasteiger charge is -1.86. The maximum Gasteiger partial charge on any atom is 0.00996 e. The van der Waals surface area contributed by atoms with Crippen LogP contribution in [0.25, 0.3) is 0 Å². The molecule has 1 N–H and O–H groups in total. The Bertz CT molecular complexity index is 62.6. The van der Waals surface area contributed by atoms with E-state index in [2.05, 4.69) is 5.32 Å². The van der Waals surface area contributed by atoms with Crippen molar-refractivity contribution in [1.29, 1.82) is 0 Å². The third kappa shape index (κ3) is 0.653. The van der Waals surface area contributed by atoms with Crippen LogP contribution in [0.1, 0.15) is 20.3 Å². The summed E-state index contributed by atoms with van der Waals surface area (Å²) in [5.74, 6) is 1.10. The topological polar surface area (TPSA) is 12.0 Å². The maximum atomic E-state index is 3.39. The average molecular weight is 99.2 g/mol. The van der Waals surface area contributed by atoms with Gasteiger partial charge in [0.1, 0.15) is 0 Å². The quantitative estimate of drug-likeness (QED) is 0.478. The molecule has 0 spiro atoms. The van der Waals surface area contributed by atoms with Gasteiger partial charge in [-0.3, -0.25) is 0 Å². The van der Waals surface area contributed by atoms with Crippen LogP contribution in [0.2, 0.25) is 0 Å². The van der Waals surface area contributed by atoms with Crippen molar-refractivity contribution in [3.63, 3.8) is 0 Å². The lowest BCUT2D eigenvalue weighted by molar-refractivity contribution is 0.741. The summed E-state index contributed by atoms with van der Waals surface area (Å²) in [7, 11) is 0. The molecule has 1 aliphatic heterocycles. The third-order valence-corrected chi connectivity index (χ3v) is 1.84. The summed E-state index contributed by atoms with van der Waals surface area (Å²) in [6.07, 6.45) is 2.92. The Morgan fingerprint density at radius 3 is 2.43 bits per heavy atom. The van der Waals surface area contributed by atoms with E-state index in [0.717, 1.165) is 12.0 Å². The van der Waals surface area contributed by atoms with Gasteiger partial charge in [0.05, 0.1) is 0 Å². The largest absolute Gasteiger partial charge is 0.314 e. The van der Waals surface area contributed by atoms with Crippen molar-refractivity contribution in [3.05, 3.63) is 0 Å². The summed E-state index contributed by atoms with van der Waals surface area (Å²) in [5.41, 5.74) is 0. The monoisotopic (exact) mass is 99.1 g/mol. The second kappa shape index (κ2) is 1.48. The molecular weight excluding hydrogens is 86.1 g/mol. The molecule has 0 radical (unpaired) electrons. The van der Waals surface area contributed by atoms with Crippen LogP contribution in [-0.2, 0) is 0 Å². The molecule has 1 heteroatoms. The van der Waals surface area contributed by atoms with Gasteiger partial charge in [0, 0.05) is 6.04 Å². The molecule has 1 heterocycles. The van der Waals surface area contributed by atoms with Crippen LogP contribution in [0, 0.1) is 5.92 Å². The molecule has 2 unspecified atom stereocenters. The van der Waals surface area contributed by atoms with Crippen LogP contribution in [-0.4, -0.2) is 12.6 Å². The van der Waals surface area contributed by atoms with E-state index in [9.17, 15) is 0 Å². The first kappa shape index (κ1) is 5.10. The summed E-state index contributed by atoms with van der Waals surface area (Å²) in [5, 5.41) is 3.39. The Labute approximate surface area is 45.1 Å². The molecule has 1 saturated carbocycles. The molecule has 42 valence electrons. The molecule has 7 heavy (non-hydrogen) atoms. The fourth-order valence-electron chi connectivity index (χ4n) is 1.27. The molecule has 0 aromatic heterocycles. The fourth-order valence-corrected chi connectivity index (χ4v) is 1.27. The standard InChI is InChI=1S/C5H9N.CH4/c1-2-6-5-3-4(1)5;/h4-6H,1-3H2;1H4. The highest BCUT2D eigenvalue weighted by molar-refractivity contribution is 4.98. The molecule has 0 aromatic rings. The Balaban J connectivity index is 0.000000245. The van der Waals surface area contributed by atoms with Gasteiger partial charge in [0.2, 0.25) is 0 Å². The molecule has 1 nitrogen and oxygen atoms in total. The number of hydrogen-bond acceptors (Lipinski definition) is 1. The van der Waals surface area contributed by atoms with Crippen molar-refractivity contribution in [2.75, 3.05) is 6.54 Å².